The van der Waals surface area contributed by atoms with E-state index < -0.39 is 0 Å². The fourth-order valence-electron chi connectivity index (χ4n) is 1.65. The second-order valence-electron chi connectivity index (χ2n) is 3.69. The predicted molar refractivity (Wildman–Crippen MR) is 71.6 cm³/mol. The third-order valence-electron chi connectivity index (χ3n) is 2.47. The van der Waals surface area contributed by atoms with Crippen LogP contribution in [0.15, 0.2) is 36.5 Å². The third-order valence-corrected chi connectivity index (χ3v) is 3.56. The molecule has 0 spiro atoms. The number of nitrogens with two attached hydrogens (primary N) is 1. The minimum Gasteiger partial charge on any atom is -0.330 e. The van der Waals surface area contributed by atoms with Crippen LogP contribution in [0.5, 0.6) is 0 Å². The zero-order valence-corrected chi connectivity index (χ0v) is 10.0. The molecule has 2 rings (SSSR count). The van der Waals surface area contributed by atoms with Crippen molar-refractivity contribution in [1.29, 1.82) is 0 Å². The molecule has 0 amide bonds. The summed E-state index contributed by atoms with van der Waals surface area (Å²) in [7, 11) is 0. The number of rotatable bonds is 5. The van der Waals surface area contributed by atoms with Crippen LogP contribution in [-0.4, -0.2) is 17.3 Å². The first-order valence-electron chi connectivity index (χ1n) is 5.52. The molecule has 16 heavy (non-hydrogen) atoms. The van der Waals surface area contributed by atoms with Crippen LogP contribution >= 0.6 is 11.8 Å². The lowest BCUT2D eigenvalue weighted by Crippen LogP contribution is -1.99. The standard InChI is InChI=1S/C13H16N2S/c14-7-3-9-16-10-12-5-1-4-11-6-2-8-15-13(11)12/h1-2,4-6,8H,3,7,9-10,14H2. The third kappa shape index (κ3) is 2.74. The van der Waals surface area contributed by atoms with Gasteiger partial charge in [-0.1, -0.05) is 24.3 Å². The topological polar surface area (TPSA) is 38.9 Å². The summed E-state index contributed by atoms with van der Waals surface area (Å²) in [5.41, 5.74) is 7.92. The molecule has 0 radical (unpaired) electrons. The Hall–Kier alpha value is -1.06. The van der Waals surface area contributed by atoms with E-state index in [-0.39, 0.29) is 0 Å². The molecule has 0 saturated heterocycles. The molecule has 2 N–H and O–H groups in total. The molecule has 0 unspecified atom stereocenters. The Morgan fingerprint density at radius 3 is 2.94 bits per heavy atom. The Kier molecular flexibility index (Phi) is 4.19. The number of thioether (sulfide) groups is 1. The van der Waals surface area contributed by atoms with E-state index in [1.54, 1.807) is 0 Å². The van der Waals surface area contributed by atoms with Crippen molar-refractivity contribution in [2.24, 2.45) is 5.73 Å². The van der Waals surface area contributed by atoms with Gasteiger partial charge in [-0.25, -0.2) is 0 Å². The zero-order valence-electron chi connectivity index (χ0n) is 9.23. The zero-order chi connectivity index (χ0) is 11.2. The van der Waals surface area contributed by atoms with Gasteiger partial charge in [-0.05, 0) is 30.3 Å². The molecule has 0 bridgehead atoms. The van der Waals surface area contributed by atoms with Gasteiger partial charge in [0.15, 0.2) is 0 Å². The number of para-hydroxylation sites is 1. The Morgan fingerprint density at radius 1 is 1.19 bits per heavy atom. The van der Waals surface area contributed by atoms with Gasteiger partial charge >= 0.3 is 0 Å². The molecule has 2 nitrogen and oxygen atoms in total. The number of hydrogen-bond acceptors (Lipinski definition) is 3. The maximum atomic E-state index is 5.47. The quantitative estimate of drug-likeness (QED) is 0.806. The Bertz CT molecular complexity index is 451. The van der Waals surface area contributed by atoms with Crippen LogP contribution in [0.2, 0.25) is 0 Å². The van der Waals surface area contributed by atoms with E-state index in [0.29, 0.717) is 0 Å². The fourth-order valence-corrected chi connectivity index (χ4v) is 2.62. The van der Waals surface area contributed by atoms with Gasteiger partial charge in [-0.2, -0.15) is 11.8 Å². The lowest BCUT2D eigenvalue weighted by atomic mass is 10.1. The molecule has 84 valence electrons. The Balaban J connectivity index is 2.11. The smallest absolute Gasteiger partial charge is 0.0742 e. The van der Waals surface area contributed by atoms with E-state index in [4.69, 9.17) is 5.73 Å². The van der Waals surface area contributed by atoms with E-state index in [0.717, 1.165) is 30.0 Å². The maximum absolute atomic E-state index is 5.47. The van der Waals surface area contributed by atoms with Crippen molar-refractivity contribution in [3.05, 3.63) is 42.1 Å². The van der Waals surface area contributed by atoms with Crippen molar-refractivity contribution in [2.45, 2.75) is 12.2 Å². The summed E-state index contributed by atoms with van der Waals surface area (Å²) in [6, 6.07) is 10.5. The summed E-state index contributed by atoms with van der Waals surface area (Å²) in [6.45, 7) is 0.779. The minimum atomic E-state index is 0.779. The van der Waals surface area contributed by atoms with Crippen molar-refractivity contribution in [1.82, 2.24) is 4.98 Å². The van der Waals surface area contributed by atoms with Crippen LogP contribution < -0.4 is 5.73 Å². The van der Waals surface area contributed by atoms with Crippen LogP contribution in [0, 0.1) is 0 Å². The fraction of sp³-hybridized carbons (Fsp3) is 0.308. The average Bonchev–Trinajstić information content (AvgIpc) is 2.35. The molecule has 0 saturated carbocycles. The van der Waals surface area contributed by atoms with Crippen LogP contribution in [0.3, 0.4) is 0 Å². The van der Waals surface area contributed by atoms with E-state index in [9.17, 15) is 0 Å². The van der Waals surface area contributed by atoms with Crippen LogP contribution in [0.1, 0.15) is 12.0 Å². The lowest BCUT2D eigenvalue weighted by Gasteiger charge is -2.04. The first-order valence-corrected chi connectivity index (χ1v) is 6.68. The molecule has 2 aromatic rings. The average molecular weight is 232 g/mol. The van der Waals surface area contributed by atoms with Crippen molar-refractivity contribution in [3.8, 4) is 0 Å². The first-order chi connectivity index (χ1) is 7.92. The number of hydrogen-bond donors (Lipinski definition) is 1. The molecular weight excluding hydrogens is 216 g/mol. The number of pyridine rings is 1. The minimum absolute atomic E-state index is 0.779. The molecule has 0 aliphatic rings. The van der Waals surface area contributed by atoms with Crippen LogP contribution in [-0.2, 0) is 5.75 Å². The van der Waals surface area contributed by atoms with E-state index in [2.05, 4.69) is 29.2 Å². The molecule has 1 aromatic carbocycles. The first kappa shape index (κ1) is 11.4. The lowest BCUT2D eigenvalue weighted by molar-refractivity contribution is 0.943. The maximum Gasteiger partial charge on any atom is 0.0742 e. The molecule has 3 heteroatoms. The van der Waals surface area contributed by atoms with Gasteiger partial charge in [0.05, 0.1) is 5.52 Å². The van der Waals surface area contributed by atoms with E-state index in [1.165, 1.54) is 10.9 Å². The van der Waals surface area contributed by atoms with Gasteiger partial charge in [0.2, 0.25) is 0 Å². The molecule has 0 aliphatic heterocycles. The summed E-state index contributed by atoms with van der Waals surface area (Å²) in [5, 5.41) is 1.22. The molecule has 1 aromatic heterocycles. The second-order valence-corrected chi connectivity index (χ2v) is 4.79. The van der Waals surface area contributed by atoms with E-state index >= 15 is 0 Å². The van der Waals surface area contributed by atoms with Gasteiger partial charge in [-0.3, -0.25) is 4.98 Å². The normalized spacial score (nSPS) is 10.8. The SMILES string of the molecule is NCCCSCc1cccc2cccnc12. The largest absolute Gasteiger partial charge is 0.330 e. The molecule has 0 atom stereocenters. The van der Waals surface area contributed by atoms with Gasteiger partial charge < -0.3 is 5.73 Å². The van der Waals surface area contributed by atoms with Gasteiger partial charge in [0.25, 0.3) is 0 Å². The Morgan fingerprint density at radius 2 is 2.06 bits per heavy atom. The number of fused-ring (bicyclic) bond motifs is 1. The van der Waals surface area contributed by atoms with Gasteiger partial charge in [-0.15, -0.1) is 0 Å². The van der Waals surface area contributed by atoms with Crippen molar-refractivity contribution < 1.29 is 0 Å². The second kappa shape index (κ2) is 5.87. The van der Waals surface area contributed by atoms with Gasteiger partial charge in [0, 0.05) is 17.3 Å². The monoisotopic (exact) mass is 232 g/mol. The summed E-state index contributed by atoms with van der Waals surface area (Å²) in [4.78, 5) is 4.44. The Labute approximate surface area is 100 Å². The highest BCUT2D eigenvalue weighted by Gasteiger charge is 2.01. The van der Waals surface area contributed by atoms with Crippen molar-refractivity contribution in [3.63, 3.8) is 0 Å². The molecule has 0 fully saturated rings. The molecular formula is C13H16N2S. The van der Waals surface area contributed by atoms with Crippen molar-refractivity contribution in [2.75, 3.05) is 12.3 Å². The summed E-state index contributed by atoms with van der Waals surface area (Å²) in [6.07, 6.45) is 2.94. The summed E-state index contributed by atoms with van der Waals surface area (Å²) in [5.74, 6) is 2.15. The number of benzene rings is 1. The molecule has 1 heterocycles. The highest BCUT2D eigenvalue weighted by molar-refractivity contribution is 7.98. The van der Waals surface area contributed by atoms with Gasteiger partial charge in [0.1, 0.15) is 0 Å². The number of nitrogens with zero attached hydrogens (tertiary/aromatic N) is 1. The highest BCUT2D eigenvalue weighted by Crippen LogP contribution is 2.20. The summed E-state index contributed by atoms with van der Waals surface area (Å²) >= 11 is 1.93. The van der Waals surface area contributed by atoms with Crippen LogP contribution in [0.25, 0.3) is 10.9 Å². The molecule has 0 aliphatic carbocycles. The van der Waals surface area contributed by atoms with Crippen LogP contribution in [0.4, 0.5) is 0 Å². The highest BCUT2D eigenvalue weighted by atomic mass is 32.2. The predicted octanol–water partition coefficient (Wildman–Crippen LogP) is 2.82. The van der Waals surface area contributed by atoms with Crippen molar-refractivity contribution >= 4 is 22.7 Å². The summed E-state index contributed by atoms with van der Waals surface area (Å²) < 4.78 is 0. The van der Waals surface area contributed by atoms with E-state index in [1.807, 2.05) is 24.0 Å². The number of aromatic nitrogens is 1.